The van der Waals surface area contributed by atoms with Gasteiger partial charge in [0.1, 0.15) is 11.5 Å². The second-order valence-electron chi connectivity index (χ2n) is 5.01. The van der Waals surface area contributed by atoms with Crippen LogP contribution in [0.1, 0.15) is 19.4 Å². The van der Waals surface area contributed by atoms with Gasteiger partial charge in [-0.25, -0.2) is 0 Å². The highest BCUT2D eigenvalue weighted by Gasteiger charge is 2.02. The number of hydrogen-bond acceptors (Lipinski definition) is 3. The molecule has 0 atom stereocenters. The molecule has 0 fully saturated rings. The third-order valence-electron chi connectivity index (χ3n) is 2.94. The Kier molecular flexibility index (Phi) is 5.34. The maximum absolute atomic E-state index is 6.11. The number of nitrogens with one attached hydrogen (secondary N) is 1. The number of ether oxygens (including phenoxy) is 2. The largest absolute Gasteiger partial charge is 0.495 e. The molecule has 0 aromatic heterocycles. The summed E-state index contributed by atoms with van der Waals surface area (Å²) in [6.07, 6.45) is 0.185. The van der Waals surface area contributed by atoms with Gasteiger partial charge >= 0.3 is 0 Å². The predicted molar refractivity (Wildman–Crippen MR) is 87.5 cm³/mol. The minimum atomic E-state index is 0.185. The van der Waals surface area contributed by atoms with E-state index in [9.17, 15) is 0 Å². The highest BCUT2D eigenvalue weighted by molar-refractivity contribution is 6.32. The van der Waals surface area contributed by atoms with Crippen molar-refractivity contribution in [1.82, 2.24) is 0 Å². The first kappa shape index (κ1) is 15.5. The van der Waals surface area contributed by atoms with Crippen LogP contribution in [0, 0.1) is 0 Å². The molecule has 0 aliphatic heterocycles. The third kappa shape index (κ3) is 4.57. The van der Waals surface area contributed by atoms with Gasteiger partial charge in [0.25, 0.3) is 0 Å². The maximum Gasteiger partial charge on any atom is 0.137 e. The molecule has 0 saturated carbocycles. The molecule has 1 N–H and O–H groups in total. The molecule has 0 unspecified atom stereocenters. The highest BCUT2D eigenvalue weighted by atomic mass is 35.5. The van der Waals surface area contributed by atoms with E-state index in [0.717, 1.165) is 17.0 Å². The minimum Gasteiger partial charge on any atom is -0.495 e. The predicted octanol–water partition coefficient (Wildman–Crippen LogP) is 4.75. The van der Waals surface area contributed by atoms with E-state index in [-0.39, 0.29) is 6.10 Å². The van der Waals surface area contributed by atoms with Crippen LogP contribution in [-0.4, -0.2) is 13.2 Å². The van der Waals surface area contributed by atoms with Gasteiger partial charge in [-0.15, -0.1) is 0 Å². The average Bonchev–Trinajstić information content (AvgIpc) is 2.46. The Bertz CT molecular complexity index is 582. The molecule has 0 amide bonds. The van der Waals surface area contributed by atoms with Gasteiger partial charge in [0.2, 0.25) is 0 Å². The van der Waals surface area contributed by atoms with Crippen molar-refractivity contribution in [3.8, 4) is 11.5 Å². The summed E-state index contributed by atoms with van der Waals surface area (Å²) in [5.41, 5.74) is 2.14. The molecule has 0 spiro atoms. The summed E-state index contributed by atoms with van der Waals surface area (Å²) in [5, 5.41) is 3.97. The summed E-state index contributed by atoms with van der Waals surface area (Å²) in [4.78, 5) is 0. The molecule has 4 heteroatoms. The fourth-order valence-electron chi connectivity index (χ4n) is 1.95. The van der Waals surface area contributed by atoms with E-state index in [2.05, 4.69) is 5.32 Å². The first-order valence-corrected chi connectivity index (χ1v) is 7.29. The van der Waals surface area contributed by atoms with E-state index in [1.807, 2.05) is 56.3 Å². The SMILES string of the molecule is COc1ccc(CNc2ccc(OC(C)C)cc2)cc1Cl. The molecule has 0 saturated heterocycles. The highest BCUT2D eigenvalue weighted by Crippen LogP contribution is 2.25. The molecule has 21 heavy (non-hydrogen) atoms. The number of benzene rings is 2. The average molecular weight is 306 g/mol. The third-order valence-corrected chi connectivity index (χ3v) is 3.23. The van der Waals surface area contributed by atoms with Crippen molar-refractivity contribution in [3.63, 3.8) is 0 Å². The minimum absolute atomic E-state index is 0.185. The van der Waals surface area contributed by atoms with E-state index >= 15 is 0 Å². The normalized spacial score (nSPS) is 10.5. The Morgan fingerprint density at radius 3 is 2.38 bits per heavy atom. The molecule has 2 rings (SSSR count). The van der Waals surface area contributed by atoms with Crippen LogP contribution in [0.15, 0.2) is 42.5 Å². The summed E-state index contributed by atoms with van der Waals surface area (Å²) >= 11 is 6.11. The zero-order chi connectivity index (χ0) is 15.2. The fraction of sp³-hybridized carbons (Fsp3) is 0.294. The van der Waals surface area contributed by atoms with Crippen molar-refractivity contribution in [1.29, 1.82) is 0 Å². The molecule has 2 aromatic carbocycles. The van der Waals surface area contributed by atoms with Crippen molar-refractivity contribution in [2.45, 2.75) is 26.5 Å². The van der Waals surface area contributed by atoms with Crippen molar-refractivity contribution >= 4 is 17.3 Å². The van der Waals surface area contributed by atoms with Gasteiger partial charge in [-0.1, -0.05) is 17.7 Å². The zero-order valence-electron chi connectivity index (χ0n) is 12.5. The number of halogens is 1. The summed E-state index contributed by atoms with van der Waals surface area (Å²) < 4.78 is 10.8. The zero-order valence-corrected chi connectivity index (χ0v) is 13.3. The lowest BCUT2D eigenvalue weighted by Crippen LogP contribution is -2.05. The van der Waals surface area contributed by atoms with Crippen LogP contribution >= 0.6 is 11.6 Å². The molecule has 0 bridgehead atoms. The van der Waals surface area contributed by atoms with Crippen LogP contribution in [0.5, 0.6) is 11.5 Å². The Morgan fingerprint density at radius 1 is 1.10 bits per heavy atom. The molecule has 3 nitrogen and oxygen atoms in total. The molecule has 0 radical (unpaired) electrons. The Morgan fingerprint density at radius 2 is 1.81 bits per heavy atom. The van der Waals surface area contributed by atoms with E-state index in [1.165, 1.54) is 0 Å². The van der Waals surface area contributed by atoms with Crippen LogP contribution in [-0.2, 0) is 6.54 Å². The number of hydrogen-bond donors (Lipinski definition) is 1. The number of anilines is 1. The van der Waals surface area contributed by atoms with Crippen molar-refractivity contribution in [2.24, 2.45) is 0 Å². The molecular weight excluding hydrogens is 286 g/mol. The maximum atomic E-state index is 6.11. The van der Waals surface area contributed by atoms with Crippen LogP contribution in [0.25, 0.3) is 0 Å². The van der Waals surface area contributed by atoms with Gasteiger partial charge in [-0.3, -0.25) is 0 Å². The van der Waals surface area contributed by atoms with Crippen molar-refractivity contribution in [3.05, 3.63) is 53.1 Å². The first-order valence-electron chi connectivity index (χ1n) is 6.91. The summed E-state index contributed by atoms with van der Waals surface area (Å²) in [6, 6.07) is 13.7. The van der Waals surface area contributed by atoms with Gasteiger partial charge in [0.05, 0.1) is 18.2 Å². The van der Waals surface area contributed by atoms with Crippen LogP contribution in [0.2, 0.25) is 5.02 Å². The van der Waals surface area contributed by atoms with E-state index in [1.54, 1.807) is 7.11 Å². The fourth-order valence-corrected chi connectivity index (χ4v) is 2.23. The monoisotopic (exact) mass is 305 g/mol. The topological polar surface area (TPSA) is 30.5 Å². The lowest BCUT2D eigenvalue weighted by molar-refractivity contribution is 0.242. The summed E-state index contributed by atoms with van der Waals surface area (Å²) in [5.74, 6) is 1.57. The van der Waals surface area contributed by atoms with E-state index in [4.69, 9.17) is 21.1 Å². The van der Waals surface area contributed by atoms with Gasteiger partial charge < -0.3 is 14.8 Å². The van der Waals surface area contributed by atoms with Gasteiger partial charge in [0, 0.05) is 12.2 Å². The van der Waals surface area contributed by atoms with E-state index in [0.29, 0.717) is 17.3 Å². The molecule has 2 aromatic rings. The second kappa shape index (κ2) is 7.23. The van der Waals surface area contributed by atoms with Gasteiger partial charge in [-0.05, 0) is 55.8 Å². The van der Waals surface area contributed by atoms with Crippen LogP contribution in [0.3, 0.4) is 0 Å². The van der Waals surface area contributed by atoms with Crippen molar-refractivity contribution in [2.75, 3.05) is 12.4 Å². The smallest absolute Gasteiger partial charge is 0.137 e. The first-order chi connectivity index (χ1) is 10.1. The van der Waals surface area contributed by atoms with Crippen LogP contribution in [0.4, 0.5) is 5.69 Å². The Labute approximate surface area is 130 Å². The Balaban J connectivity index is 1.95. The van der Waals surface area contributed by atoms with Gasteiger partial charge in [-0.2, -0.15) is 0 Å². The lowest BCUT2D eigenvalue weighted by atomic mass is 10.2. The second-order valence-corrected chi connectivity index (χ2v) is 5.42. The summed E-state index contributed by atoms with van der Waals surface area (Å²) in [7, 11) is 1.61. The molecule has 0 heterocycles. The van der Waals surface area contributed by atoms with E-state index < -0.39 is 0 Å². The standard InChI is InChI=1S/C17H20ClNO2/c1-12(2)21-15-7-5-14(6-8-15)19-11-13-4-9-17(20-3)16(18)10-13/h4-10,12,19H,11H2,1-3H3. The van der Waals surface area contributed by atoms with Crippen LogP contribution < -0.4 is 14.8 Å². The molecule has 0 aliphatic rings. The lowest BCUT2D eigenvalue weighted by Gasteiger charge is -2.11. The molecule has 0 aliphatic carbocycles. The quantitative estimate of drug-likeness (QED) is 0.835. The molecule has 112 valence electrons. The number of rotatable bonds is 6. The van der Waals surface area contributed by atoms with Gasteiger partial charge in [0.15, 0.2) is 0 Å². The van der Waals surface area contributed by atoms with Crippen molar-refractivity contribution < 1.29 is 9.47 Å². The Hall–Kier alpha value is -1.87. The molecular formula is C17H20ClNO2. The summed E-state index contributed by atoms with van der Waals surface area (Å²) in [6.45, 7) is 4.73. The number of methoxy groups -OCH3 is 1.